The van der Waals surface area contributed by atoms with Crippen LogP contribution in [-0.4, -0.2) is 27.0 Å². The van der Waals surface area contributed by atoms with E-state index in [9.17, 15) is 0 Å². The highest BCUT2D eigenvalue weighted by molar-refractivity contribution is 7.99. The van der Waals surface area contributed by atoms with E-state index in [1.54, 1.807) is 6.07 Å². The van der Waals surface area contributed by atoms with Crippen molar-refractivity contribution in [3.8, 4) is 0 Å². The summed E-state index contributed by atoms with van der Waals surface area (Å²) in [5.74, 6) is 8.01. The van der Waals surface area contributed by atoms with E-state index in [1.165, 1.54) is 25.0 Å². The summed E-state index contributed by atoms with van der Waals surface area (Å²) < 4.78 is 0. The molecule has 6 nitrogen and oxygen atoms in total. The highest BCUT2D eigenvalue weighted by atomic mass is 32.2. The van der Waals surface area contributed by atoms with Crippen LogP contribution < -0.4 is 22.3 Å². The van der Waals surface area contributed by atoms with Crippen LogP contribution in [0.3, 0.4) is 0 Å². The Morgan fingerprint density at radius 3 is 2.89 bits per heavy atom. The van der Waals surface area contributed by atoms with Crippen LogP contribution >= 0.6 is 11.8 Å². The Kier molecular flexibility index (Phi) is 4.48. The van der Waals surface area contributed by atoms with E-state index < -0.39 is 0 Å². The van der Waals surface area contributed by atoms with Crippen molar-refractivity contribution in [2.75, 3.05) is 22.2 Å². The Hall–Kier alpha value is -1.21. The van der Waals surface area contributed by atoms with Crippen LogP contribution in [0.5, 0.6) is 0 Å². The minimum Gasteiger partial charge on any atom is -0.368 e. The molecule has 1 aliphatic carbocycles. The molecule has 1 fully saturated rings. The largest absolute Gasteiger partial charge is 0.368 e. The molecule has 18 heavy (non-hydrogen) atoms. The molecule has 1 heterocycles. The number of anilines is 3. The number of rotatable bonds is 5. The Labute approximate surface area is 111 Å². The molecule has 0 bridgehead atoms. The van der Waals surface area contributed by atoms with Gasteiger partial charge in [-0.05, 0) is 25.0 Å². The van der Waals surface area contributed by atoms with Gasteiger partial charge in [-0.2, -0.15) is 21.7 Å². The molecule has 0 amide bonds. The number of thioether (sulfide) groups is 1. The zero-order valence-corrected chi connectivity index (χ0v) is 11.3. The third-order valence-electron chi connectivity index (χ3n) is 3.03. The molecule has 1 saturated carbocycles. The lowest BCUT2D eigenvalue weighted by atomic mass is 10.2. The summed E-state index contributed by atoms with van der Waals surface area (Å²) >= 11 is 2.03. The van der Waals surface area contributed by atoms with E-state index in [2.05, 4.69) is 27.6 Å². The molecule has 7 heteroatoms. The first-order chi connectivity index (χ1) is 8.71. The van der Waals surface area contributed by atoms with Gasteiger partial charge >= 0.3 is 0 Å². The number of nitrogens with zero attached hydrogens (tertiary/aromatic N) is 2. The molecule has 1 aliphatic rings. The Morgan fingerprint density at radius 2 is 2.17 bits per heavy atom. The van der Waals surface area contributed by atoms with E-state index in [-0.39, 0.29) is 5.95 Å². The van der Waals surface area contributed by atoms with E-state index in [0.717, 1.165) is 11.1 Å². The normalized spacial score (nSPS) is 23.0. The molecule has 100 valence electrons. The second kappa shape index (κ2) is 6.10. The molecule has 0 saturated heterocycles. The number of aromatic nitrogens is 2. The van der Waals surface area contributed by atoms with Crippen LogP contribution in [-0.2, 0) is 0 Å². The van der Waals surface area contributed by atoms with Gasteiger partial charge in [0.1, 0.15) is 11.6 Å². The minimum absolute atomic E-state index is 0.227. The van der Waals surface area contributed by atoms with Gasteiger partial charge in [0, 0.05) is 17.4 Å². The maximum atomic E-state index is 5.62. The van der Waals surface area contributed by atoms with E-state index in [1.807, 2.05) is 11.8 Å². The molecule has 2 atom stereocenters. The highest BCUT2D eigenvalue weighted by Gasteiger charge is 2.24. The van der Waals surface area contributed by atoms with E-state index >= 15 is 0 Å². The van der Waals surface area contributed by atoms with Gasteiger partial charge in [-0.25, -0.2) is 5.84 Å². The Morgan fingerprint density at radius 1 is 1.39 bits per heavy atom. The summed E-state index contributed by atoms with van der Waals surface area (Å²) in [5.41, 5.74) is 8.11. The third-order valence-corrected chi connectivity index (χ3v) is 4.26. The summed E-state index contributed by atoms with van der Waals surface area (Å²) in [6.45, 7) is 2.20. The van der Waals surface area contributed by atoms with Crippen molar-refractivity contribution in [1.29, 1.82) is 0 Å². The second-order valence-corrected chi connectivity index (χ2v) is 5.95. The molecule has 1 aromatic rings. The van der Waals surface area contributed by atoms with Gasteiger partial charge in [-0.15, -0.1) is 0 Å². The van der Waals surface area contributed by atoms with Gasteiger partial charge in [-0.1, -0.05) is 6.92 Å². The minimum atomic E-state index is 0.227. The quantitative estimate of drug-likeness (QED) is 0.473. The van der Waals surface area contributed by atoms with Crippen molar-refractivity contribution in [2.45, 2.75) is 37.5 Å². The predicted octanol–water partition coefficient (Wildman–Crippen LogP) is 1.43. The average Bonchev–Trinajstić information content (AvgIpc) is 2.76. The SMILES string of the molecule is CCSC1CCC(Nc2cc(NN)nc(N)n2)C1. The maximum Gasteiger partial charge on any atom is 0.223 e. The molecule has 0 spiro atoms. The fourth-order valence-electron chi connectivity index (χ4n) is 2.28. The molecule has 1 aromatic heterocycles. The second-order valence-electron chi connectivity index (χ2n) is 4.37. The van der Waals surface area contributed by atoms with Gasteiger partial charge < -0.3 is 16.5 Å². The first-order valence-electron chi connectivity index (χ1n) is 6.20. The van der Waals surface area contributed by atoms with Crippen molar-refractivity contribution < 1.29 is 0 Å². The summed E-state index contributed by atoms with van der Waals surface area (Å²) in [6, 6.07) is 2.24. The maximum absolute atomic E-state index is 5.62. The smallest absolute Gasteiger partial charge is 0.223 e. The molecular formula is C11H20N6S. The summed E-state index contributed by atoms with van der Waals surface area (Å²) in [5, 5.41) is 4.17. The van der Waals surface area contributed by atoms with Crippen LogP contribution in [0.1, 0.15) is 26.2 Å². The van der Waals surface area contributed by atoms with Gasteiger partial charge in [0.15, 0.2) is 0 Å². The fourth-order valence-corrected chi connectivity index (χ4v) is 3.42. The summed E-state index contributed by atoms with van der Waals surface area (Å²) in [7, 11) is 0. The first-order valence-corrected chi connectivity index (χ1v) is 7.25. The van der Waals surface area contributed by atoms with Crippen molar-refractivity contribution >= 4 is 29.3 Å². The number of hydrazine groups is 1. The molecule has 6 N–H and O–H groups in total. The van der Waals surface area contributed by atoms with Crippen LogP contribution in [0.15, 0.2) is 6.07 Å². The van der Waals surface area contributed by atoms with Gasteiger partial charge in [0.05, 0.1) is 0 Å². The molecular weight excluding hydrogens is 248 g/mol. The van der Waals surface area contributed by atoms with Crippen molar-refractivity contribution in [3.63, 3.8) is 0 Å². The zero-order chi connectivity index (χ0) is 13.0. The highest BCUT2D eigenvalue weighted by Crippen LogP contribution is 2.31. The first kappa shape index (κ1) is 13.2. The van der Waals surface area contributed by atoms with Crippen LogP contribution in [0.4, 0.5) is 17.6 Å². The van der Waals surface area contributed by atoms with Crippen LogP contribution in [0.2, 0.25) is 0 Å². The predicted molar refractivity (Wildman–Crippen MR) is 77.4 cm³/mol. The molecule has 2 unspecified atom stereocenters. The monoisotopic (exact) mass is 268 g/mol. The van der Waals surface area contributed by atoms with Crippen LogP contribution in [0.25, 0.3) is 0 Å². The standard InChI is InChI=1S/C11H20N6S/c1-2-18-8-4-3-7(5-8)14-9-6-10(17-13)16-11(12)15-9/h6-8H,2-5,13H2,1H3,(H4,12,14,15,16,17). The summed E-state index contributed by atoms with van der Waals surface area (Å²) in [6.07, 6.45) is 3.61. The van der Waals surface area contributed by atoms with Crippen molar-refractivity contribution in [2.24, 2.45) is 5.84 Å². The number of hydrogen-bond donors (Lipinski definition) is 4. The molecule has 0 aromatic carbocycles. The van der Waals surface area contributed by atoms with Gasteiger partial charge in [0.25, 0.3) is 0 Å². The number of nitrogens with two attached hydrogens (primary N) is 2. The topological polar surface area (TPSA) is 102 Å². The van der Waals surface area contributed by atoms with Gasteiger partial charge in [0.2, 0.25) is 5.95 Å². The number of hydrogen-bond acceptors (Lipinski definition) is 7. The lowest BCUT2D eigenvalue weighted by Crippen LogP contribution is -2.18. The lowest BCUT2D eigenvalue weighted by Gasteiger charge is -2.14. The van der Waals surface area contributed by atoms with E-state index in [0.29, 0.717) is 11.9 Å². The van der Waals surface area contributed by atoms with Crippen LogP contribution in [0, 0.1) is 0 Å². The average molecular weight is 268 g/mol. The zero-order valence-electron chi connectivity index (χ0n) is 10.5. The third kappa shape index (κ3) is 3.39. The van der Waals surface area contributed by atoms with Crippen molar-refractivity contribution in [1.82, 2.24) is 9.97 Å². The Bertz CT molecular complexity index is 399. The summed E-state index contributed by atoms with van der Waals surface area (Å²) in [4.78, 5) is 8.13. The number of nitrogen functional groups attached to an aromatic ring is 2. The molecule has 2 rings (SSSR count). The lowest BCUT2D eigenvalue weighted by molar-refractivity contribution is 0.752. The number of nitrogens with one attached hydrogen (secondary N) is 2. The molecule has 0 aliphatic heterocycles. The Balaban J connectivity index is 1.95. The van der Waals surface area contributed by atoms with Crippen molar-refractivity contribution in [3.05, 3.63) is 6.07 Å². The fraction of sp³-hybridized carbons (Fsp3) is 0.636. The van der Waals surface area contributed by atoms with E-state index in [4.69, 9.17) is 11.6 Å². The van der Waals surface area contributed by atoms with Gasteiger partial charge in [-0.3, -0.25) is 0 Å². The molecule has 0 radical (unpaired) electrons.